The van der Waals surface area contributed by atoms with Gasteiger partial charge in [-0.1, -0.05) is 30.3 Å². The normalized spacial score (nSPS) is 20.7. The van der Waals surface area contributed by atoms with Crippen molar-refractivity contribution < 1.29 is 0 Å². The van der Waals surface area contributed by atoms with Crippen LogP contribution in [-0.4, -0.2) is 35.5 Å². The summed E-state index contributed by atoms with van der Waals surface area (Å²) in [6, 6.07) is 14.6. The van der Waals surface area contributed by atoms with Gasteiger partial charge >= 0.3 is 0 Å². The molecule has 1 fully saturated rings. The second kappa shape index (κ2) is 8.05. The van der Waals surface area contributed by atoms with Crippen LogP contribution in [0.2, 0.25) is 0 Å². The van der Waals surface area contributed by atoms with Gasteiger partial charge in [-0.25, -0.2) is 0 Å². The lowest BCUT2D eigenvalue weighted by atomic mass is 10.0. The Balaban J connectivity index is 1.48. The van der Waals surface area contributed by atoms with Crippen molar-refractivity contribution in [2.75, 3.05) is 24.6 Å². The molecule has 2 aliphatic rings. The zero-order chi connectivity index (χ0) is 16.2. The van der Waals surface area contributed by atoms with E-state index in [1.54, 1.807) is 10.4 Å². The van der Waals surface area contributed by atoms with E-state index in [9.17, 15) is 0 Å². The molecular formula is C20H26N2S2. The summed E-state index contributed by atoms with van der Waals surface area (Å²) in [5.74, 6) is 2.63. The number of hydrogen-bond donors (Lipinski definition) is 1. The molecule has 24 heavy (non-hydrogen) atoms. The Labute approximate surface area is 153 Å². The van der Waals surface area contributed by atoms with Crippen LogP contribution in [0.15, 0.2) is 41.8 Å². The predicted octanol–water partition coefficient (Wildman–Crippen LogP) is 4.33. The maximum atomic E-state index is 3.88. The third-order valence-electron chi connectivity index (χ3n) is 5.28. The van der Waals surface area contributed by atoms with Gasteiger partial charge in [-0.05, 0) is 53.3 Å². The molecule has 1 N–H and O–H groups in total. The zero-order valence-corrected chi connectivity index (χ0v) is 15.7. The summed E-state index contributed by atoms with van der Waals surface area (Å²) < 4.78 is 0. The van der Waals surface area contributed by atoms with Crippen LogP contribution in [0.25, 0.3) is 0 Å². The average Bonchev–Trinajstić information content (AvgIpc) is 3.12. The van der Waals surface area contributed by atoms with Crippen molar-refractivity contribution in [1.29, 1.82) is 0 Å². The minimum Gasteiger partial charge on any atom is -0.312 e. The first-order chi connectivity index (χ1) is 11.9. The molecule has 0 amide bonds. The smallest absolute Gasteiger partial charge is 0.0476 e. The highest BCUT2D eigenvalue weighted by molar-refractivity contribution is 7.99. The molecule has 0 saturated carbocycles. The molecule has 2 nitrogen and oxygen atoms in total. The number of thioether (sulfide) groups is 1. The highest BCUT2D eigenvalue weighted by Gasteiger charge is 2.26. The predicted molar refractivity (Wildman–Crippen MR) is 106 cm³/mol. The van der Waals surface area contributed by atoms with Crippen molar-refractivity contribution in [3.8, 4) is 0 Å². The van der Waals surface area contributed by atoms with Crippen molar-refractivity contribution in [3.63, 3.8) is 0 Å². The van der Waals surface area contributed by atoms with Crippen LogP contribution >= 0.6 is 23.1 Å². The fourth-order valence-electron chi connectivity index (χ4n) is 3.85. The molecule has 1 aromatic carbocycles. The minimum absolute atomic E-state index is 0.480. The van der Waals surface area contributed by atoms with Crippen LogP contribution in [0.5, 0.6) is 0 Å². The Morgan fingerprint density at radius 3 is 2.79 bits per heavy atom. The molecule has 0 aliphatic carbocycles. The number of rotatable bonds is 5. The standard InChI is InChI=1S/C20H26N2S2/c1-2-4-16(5-3-1)19(14-21-18-8-11-23-12-9-18)22-10-6-20-17(15-22)7-13-24-20/h1-5,7,13,18-19,21H,6,8-12,14-15H2. The summed E-state index contributed by atoms with van der Waals surface area (Å²) in [4.78, 5) is 4.27. The van der Waals surface area contributed by atoms with Crippen LogP contribution < -0.4 is 5.32 Å². The summed E-state index contributed by atoms with van der Waals surface area (Å²) in [6.45, 7) is 3.34. The molecule has 1 unspecified atom stereocenters. The Kier molecular flexibility index (Phi) is 5.58. The average molecular weight is 359 g/mol. The summed E-state index contributed by atoms with van der Waals surface area (Å²) >= 11 is 4.03. The van der Waals surface area contributed by atoms with Crippen LogP contribution in [-0.2, 0) is 13.0 Å². The molecule has 3 heterocycles. The van der Waals surface area contributed by atoms with E-state index in [1.165, 1.54) is 42.9 Å². The largest absolute Gasteiger partial charge is 0.312 e. The Morgan fingerprint density at radius 2 is 1.96 bits per heavy atom. The molecule has 4 heteroatoms. The van der Waals surface area contributed by atoms with Crippen molar-refractivity contribution in [1.82, 2.24) is 10.2 Å². The summed E-state index contributed by atoms with van der Waals surface area (Å²) in [7, 11) is 0. The van der Waals surface area contributed by atoms with E-state index >= 15 is 0 Å². The van der Waals surface area contributed by atoms with Gasteiger partial charge in [-0.3, -0.25) is 4.90 Å². The summed E-state index contributed by atoms with van der Waals surface area (Å²) in [5.41, 5.74) is 3.00. The van der Waals surface area contributed by atoms with Crippen molar-refractivity contribution in [2.24, 2.45) is 0 Å². The van der Waals surface area contributed by atoms with Crippen LogP contribution in [0.1, 0.15) is 34.9 Å². The van der Waals surface area contributed by atoms with Crippen LogP contribution in [0.3, 0.4) is 0 Å². The monoisotopic (exact) mass is 358 g/mol. The van der Waals surface area contributed by atoms with E-state index in [1.807, 2.05) is 11.3 Å². The fraction of sp³-hybridized carbons (Fsp3) is 0.500. The van der Waals surface area contributed by atoms with E-state index in [0.717, 1.165) is 13.1 Å². The van der Waals surface area contributed by atoms with Crippen molar-refractivity contribution in [3.05, 3.63) is 57.8 Å². The van der Waals surface area contributed by atoms with Crippen molar-refractivity contribution >= 4 is 23.1 Å². The maximum Gasteiger partial charge on any atom is 0.0476 e. The SMILES string of the molecule is c1ccc(C(CNC2CCSCC2)N2CCc3sccc3C2)cc1. The zero-order valence-electron chi connectivity index (χ0n) is 14.1. The number of thiophene rings is 1. The van der Waals surface area contributed by atoms with Crippen LogP contribution in [0.4, 0.5) is 0 Å². The van der Waals surface area contributed by atoms with E-state index in [4.69, 9.17) is 0 Å². The number of nitrogens with one attached hydrogen (secondary N) is 1. The number of hydrogen-bond acceptors (Lipinski definition) is 4. The number of benzene rings is 1. The Hall–Kier alpha value is -0.810. The molecule has 128 valence electrons. The quantitative estimate of drug-likeness (QED) is 0.856. The van der Waals surface area contributed by atoms with Gasteiger partial charge in [0.25, 0.3) is 0 Å². The van der Waals surface area contributed by atoms with Gasteiger partial charge in [0.05, 0.1) is 0 Å². The summed E-state index contributed by atoms with van der Waals surface area (Å²) in [5, 5.41) is 6.14. The second-order valence-corrected chi connectivity index (χ2v) is 9.04. The molecule has 0 radical (unpaired) electrons. The van der Waals surface area contributed by atoms with E-state index in [2.05, 4.69) is 63.8 Å². The van der Waals surface area contributed by atoms with Crippen molar-refractivity contribution in [2.45, 2.75) is 37.9 Å². The number of nitrogens with zero attached hydrogens (tertiary/aromatic N) is 1. The van der Waals surface area contributed by atoms with Gasteiger partial charge in [0.15, 0.2) is 0 Å². The molecule has 2 aromatic rings. The highest BCUT2D eigenvalue weighted by atomic mass is 32.2. The molecule has 4 rings (SSSR count). The maximum absolute atomic E-state index is 3.88. The third-order valence-corrected chi connectivity index (χ3v) is 7.36. The molecular weight excluding hydrogens is 332 g/mol. The van der Waals surface area contributed by atoms with Gasteiger partial charge in [-0.2, -0.15) is 11.8 Å². The first-order valence-corrected chi connectivity index (χ1v) is 11.1. The van der Waals surface area contributed by atoms with Gasteiger partial charge in [0.2, 0.25) is 0 Å². The lowest BCUT2D eigenvalue weighted by molar-refractivity contribution is 0.172. The van der Waals surface area contributed by atoms with E-state index in [-0.39, 0.29) is 0 Å². The Morgan fingerprint density at radius 1 is 1.12 bits per heavy atom. The van der Waals surface area contributed by atoms with E-state index in [0.29, 0.717) is 12.1 Å². The Bertz CT molecular complexity index is 634. The van der Waals surface area contributed by atoms with Gasteiger partial charge in [0, 0.05) is 36.6 Å². The van der Waals surface area contributed by atoms with Crippen LogP contribution in [0, 0.1) is 0 Å². The molecule has 0 bridgehead atoms. The van der Waals surface area contributed by atoms with Gasteiger partial charge in [0.1, 0.15) is 0 Å². The first kappa shape index (κ1) is 16.6. The fourth-order valence-corrected chi connectivity index (χ4v) is 5.85. The third kappa shape index (κ3) is 3.88. The van der Waals surface area contributed by atoms with E-state index < -0.39 is 0 Å². The first-order valence-electron chi connectivity index (χ1n) is 9.05. The topological polar surface area (TPSA) is 15.3 Å². The molecule has 0 spiro atoms. The highest BCUT2D eigenvalue weighted by Crippen LogP contribution is 2.30. The molecule has 2 aliphatic heterocycles. The number of fused-ring (bicyclic) bond motifs is 1. The second-order valence-electron chi connectivity index (χ2n) is 6.81. The minimum atomic E-state index is 0.480. The van der Waals surface area contributed by atoms with Gasteiger partial charge < -0.3 is 5.32 Å². The molecule has 1 saturated heterocycles. The lowest BCUT2D eigenvalue weighted by Crippen LogP contribution is -2.42. The lowest BCUT2D eigenvalue weighted by Gasteiger charge is -2.36. The molecule has 1 atom stereocenters. The summed E-state index contributed by atoms with van der Waals surface area (Å²) in [6.07, 6.45) is 3.85. The van der Waals surface area contributed by atoms with Gasteiger partial charge in [-0.15, -0.1) is 11.3 Å². The molecule has 1 aromatic heterocycles.